The highest BCUT2D eigenvalue weighted by Gasteiger charge is 2.16. The molecule has 2 N–H and O–H groups in total. The Morgan fingerprint density at radius 2 is 1.82 bits per heavy atom. The van der Waals surface area contributed by atoms with Gasteiger partial charge in [0.05, 0.1) is 6.54 Å². The van der Waals surface area contributed by atoms with E-state index in [2.05, 4.69) is 0 Å². The lowest BCUT2D eigenvalue weighted by molar-refractivity contribution is 0.0799. The molecule has 0 aromatic carbocycles. The molecule has 0 saturated heterocycles. The number of nitrogens with zero attached hydrogens (tertiary/aromatic N) is 1. The van der Waals surface area contributed by atoms with Gasteiger partial charge in [0.1, 0.15) is 0 Å². The van der Waals surface area contributed by atoms with Crippen molar-refractivity contribution in [3.63, 3.8) is 0 Å². The maximum atomic E-state index is 11.8. The van der Waals surface area contributed by atoms with Crippen LogP contribution in [0.15, 0.2) is 0 Å². The van der Waals surface area contributed by atoms with Crippen LogP contribution in [0.2, 0.25) is 0 Å². The molecular weight excluding hydrogens is 150 g/mol. The van der Waals surface area contributed by atoms with Crippen molar-refractivity contribution in [2.45, 2.75) is 32.4 Å². The molecule has 0 aromatic rings. The van der Waals surface area contributed by atoms with Crippen LogP contribution in [0.1, 0.15) is 13.8 Å². The topological polar surface area (TPSA) is 29.3 Å². The van der Waals surface area contributed by atoms with Gasteiger partial charge in [0.15, 0.2) is 0 Å². The SMILES string of the molecule is CC(N)C(C)N(C)CC(F)F. The highest BCUT2D eigenvalue weighted by Crippen LogP contribution is 2.02. The average molecular weight is 166 g/mol. The molecule has 0 aromatic heterocycles. The van der Waals surface area contributed by atoms with Crippen molar-refractivity contribution >= 4 is 0 Å². The molecule has 0 aliphatic rings. The molecule has 0 amide bonds. The Morgan fingerprint density at radius 1 is 1.36 bits per heavy atom. The first-order valence-corrected chi connectivity index (χ1v) is 3.69. The van der Waals surface area contributed by atoms with Crippen LogP contribution in [0.5, 0.6) is 0 Å². The fourth-order valence-corrected chi connectivity index (χ4v) is 0.785. The van der Waals surface area contributed by atoms with Gasteiger partial charge in [0, 0.05) is 12.1 Å². The van der Waals surface area contributed by atoms with Crippen molar-refractivity contribution in [3.05, 3.63) is 0 Å². The Bertz CT molecular complexity index is 107. The van der Waals surface area contributed by atoms with E-state index >= 15 is 0 Å². The van der Waals surface area contributed by atoms with Crippen molar-refractivity contribution < 1.29 is 8.78 Å². The van der Waals surface area contributed by atoms with Crippen LogP contribution in [0.3, 0.4) is 0 Å². The fraction of sp³-hybridized carbons (Fsp3) is 1.00. The van der Waals surface area contributed by atoms with E-state index in [-0.39, 0.29) is 18.6 Å². The van der Waals surface area contributed by atoms with E-state index in [1.54, 1.807) is 11.9 Å². The highest BCUT2D eigenvalue weighted by atomic mass is 19.3. The molecule has 0 bridgehead atoms. The molecule has 2 atom stereocenters. The van der Waals surface area contributed by atoms with E-state index in [0.29, 0.717) is 0 Å². The van der Waals surface area contributed by atoms with Gasteiger partial charge >= 0.3 is 0 Å². The molecule has 0 fully saturated rings. The van der Waals surface area contributed by atoms with Crippen LogP contribution in [0, 0.1) is 0 Å². The second kappa shape index (κ2) is 4.62. The zero-order valence-electron chi connectivity index (χ0n) is 7.22. The predicted octanol–water partition coefficient (Wildman–Crippen LogP) is 0.919. The average Bonchev–Trinajstić information content (AvgIpc) is 1.84. The van der Waals surface area contributed by atoms with Gasteiger partial charge in [0.25, 0.3) is 6.43 Å². The molecule has 2 unspecified atom stereocenters. The van der Waals surface area contributed by atoms with E-state index in [0.717, 1.165) is 0 Å². The van der Waals surface area contributed by atoms with Crippen LogP contribution in [0.4, 0.5) is 8.78 Å². The highest BCUT2D eigenvalue weighted by molar-refractivity contribution is 4.72. The van der Waals surface area contributed by atoms with Gasteiger partial charge < -0.3 is 5.73 Å². The lowest BCUT2D eigenvalue weighted by Gasteiger charge is -2.26. The third-order valence-electron chi connectivity index (χ3n) is 1.88. The Balaban J connectivity index is 3.73. The number of hydrogen-bond donors (Lipinski definition) is 1. The molecule has 0 aliphatic carbocycles. The summed E-state index contributed by atoms with van der Waals surface area (Å²) in [6, 6.07) is -0.0669. The maximum Gasteiger partial charge on any atom is 0.251 e. The third kappa shape index (κ3) is 4.27. The summed E-state index contributed by atoms with van der Waals surface area (Å²) >= 11 is 0. The molecular formula is C7H16F2N2. The summed E-state index contributed by atoms with van der Waals surface area (Å²) < 4.78 is 23.7. The lowest BCUT2D eigenvalue weighted by Crippen LogP contribution is -2.43. The second-order valence-electron chi connectivity index (χ2n) is 2.93. The minimum Gasteiger partial charge on any atom is -0.327 e. The van der Waals surface area contributed by atoms with E-state index < -0.39 is 6.43 Å². The standard InChI is InChI=1S/C7H16F2N2/c1-5(10)6(2)11(3)4-7(8)9/h5-7H,4,10H2,1-3H3. The van der Waals surface area contributed by atoms with Gasteiger partial charge in [-0.2, -0.15) is 0 Å². The summed E-state index contributed by atoms with van der Waals surface area (Å²) in [5, 5.41) is 0. The second-order valence-corrected chi connectivity index (χ2v) is 2.93. The molecule has 0 saturated carbocycles. The van der Waals surface area contributed by atoms with E-state index in [1.807, 2.05) is 13.8 Å². The molecule has 0 aliphatic heterocycles. The summed E-state index contributed by atoms with van der Waals surface area (Å²) in [5.74, 6) is 0. The quantitative estimate of drug-likeness (QED) is 0.673. The van der Waals surface area contributed by atoms with Gasteiger partial charge in [-0.25, -0.2) is 8.78 Å². The minimum absolute atomic E-state index is 0.00370. The fourth-order valence-electron chi connectivity index (χ4n) is 0.785. The zero-order valence-corrected chi connectivity index (χ0v) is 7.22. The van der Waals surface area contributed by atoms with Crippen molar-refractivity contribution in [1.29, 1.82) is 0 Å². The first kappa shape index (κ1) is 10.8. The normalized spacial score (nSPS) is 17.5. The number of halogens is 2. The molecule has 68 valence electrons. The minimum atomic E-state index is -2.28. The zero-order chi connectivity index (χ0) is 9.02. The van der Waals surface area contributed by atoms with Crippen molar-refractivity contribution in [2.75, 3.05) is 13.6 Å². The van der Waals surface area contributed by atoms with Gasteiger partial charge in [-0.15, -0.1) is 0 Å². The Labute approximate surface area is 66.4 Å². The van der Waals surface area contributed by atoms with E-state index in [4.69, 9.17) is 5.73 Å². The first-order chi connectivity index (χ1) is 4.95. The number of alkyl halides is 2. The summed E-state index contributed by atoms with van der Waals surface area (Å²) in [5.41, 5.74) is 5.53. The lowest BCUT2D eigenvalue weighted by atomic mass is 10.1. The summed E-state index contributed by atoms with van der Waals surface area (Å²) in [6.45, 7) is 3.45. The van der Waals surface area contributed by atoms with Crippen LogP contribution >= 0.6 is 0 Å². The molecule has 11 heavy (non-hydrogen) atoms. The Kier molecular flexibility index (Phi) is 4.52. The van der Waals surface area contributed by atoms with Crippen molar-refractivity contribution in [1.82, 2.24) is 4.90 Å². The summed E-state index contributed by atoms with van der Waals surface area (Å²) in [6.07, 6.45) is -2.28. The van der Waals surface area contributed by atoms with E-state index in [9.17, 15) is 8.78 Å². The molecule has 0 rings (SSSR count). The number of hydrogen-bond acceptors (Lipinski definition) is 2. The smallest absolute Gasteiger partial charge is 0.251 e. The number of rotatable bonds is 4. The summed E-state index contributed by atoms with van der Waals surface area (Å²) in [7, 11) is 1.65. The van der Waals surface area contributed by atoms with Gasteiger partial charge in [0.2, 0.25) is 0 Å². The molecule has 4 heteroatoms. The predicted molar refractivity (Wildman–Crippen MR) is 41.7 cm³/mol. The molecule has 0 heterocycles. The monoisotopic (exact) mass is 166 g/mol. The van der Waals surface area contributed by atoms with Gasteiger partial charge in [-0.3, -0.25) is 4.90 Å². The number of likely N-dealkylation sites (N-methyl/N-ethyl adjacent to an activating group) is 1. The van der Waals surface area contributed by atoms with Crippen molar-refractivity contribution in [2.24, 2.45) is 5.73 Å². The van der Waals surface area contributed by atoms with Gasteiger partial charge in [-0.1, -0.05) is 0 Å². The molecule has 2 nitrogen and oxygen atoms in total. The Morgan fingerprint density at radius 3 is 2.09 bits per heavy atom. The first-order valence-electron chi connectivity index (χ1n) is 3.69. The van der Waals surface area contributed by atoms with Crippen LogP contribution in [-0.2, 0) is 0 Å². The third-order valence-corrected chi connectivity index (χ3v) is 1.88. The van der Waals surface area contributed by atoms with Gasteiger partial charge in [-0.05, 0) is 20.9 Å². The molecule has 0 radical (unpaired) electrons. The van der Waals surface area contributed by atoms with E-state index in [1.165, 1.54) is 0 Å². The van der Waals surface area contributed by atoms with Crippen LogP contribution in [0.25, 0.3) is 0 Å². The largest absolute Gasteiger partial charge is 0.327 e. The van der Waals surface area contributed by atoms with Crippen LogP contribution < -0.4 is 5.73 Å². The number of nitrogens with two attached hydrogens (primary N) is 1. The molecule has 0 spiro atoms. The summed E-state index contributed by atoms with van der Waals surface area (Å²) in [4.78, 5) is 1.56. The maximum absolute atomic E-state index is 11.8. The van der Waals surface area contributed by atoms with Crippen molar-refractivity contribution in [3.8, 4) is 0 Å². The van der Waals surface area contributed by atoms with Crippen LogP contribution in [-0.4, -0.2) is 37.0 Å². The Hall–Kier alpha value is -0.220.